The van der Waals surface area contributed by atoms with Crippen molar-refractivity contribution in [1.29, 1.82) is 0 Å². The van der Waals surface area contributed by atoms with Crippen LogP contribution in [0.2, 0.25) is 0 Å². The molecule has 1 aromatic carbocycles. The van der Waals surface area contributed by atoms with Crippen molar-refractivity contribution in [2.45, 2.75) is 6.04 Å². The van der Waals surface area contributed by atoms with Gasteiger partial charge in [0, 0.05) is 21.2 Å². The highest BCUT2D eigenvalue weighted by atomic mass is 19.2. The Hall–Kier alpha value is -1.53. The molecule has 0 aliphatic carbocycles. The first-order valence-corrected chi connectivity index (χ1v) is 5.83. The highest BCUT2D eigenvalue weighted by Crippen LogP contribution is 2.16. The minimum atomic E-state index is -0.917. The molecule has 6 heteroatoms. The lowest BCUT2D eigenvalue weighted by molar-refractivity contribution is -0.127. The number of likely N-dealkylation sites (N-methyl/N-ethyl adjacent to an activating group) is 1. The molecule has 4 nitrogen and oxygen atoms in total. The zero-order valence-corrected chi connectivity index (χ0v) is 11.2. The molecule has 1 unspecified atom stereocenters. The van der Waals surface area contributed by atoms with Crippen molar-refractivity contribution < 1.29 is 18.3 Å². The number of methoxy groups -OCH3 is 1. The van der Waals surface area contributed by atoms with Crippen molar-refractivity contribution in [2.24, 2.45) is 0 Å². The quantitative estimate of drug-likeness (QED) is 0.849. The van der Waals surface area contributed by atoms with Crippen LogP contribution in [0.5, 0.6) is 0 Å². The second-order valence-corrected chi connectivity index (χ2v) is 4.35. The van der Waals surface area contributed by atoms with Gasteiger partial charge in [0.05, 0.1) is 19.2 Å². The molecule has 0 saturated carbocycles. The summed E-state index contributed by atoms with van der Waals surface area (Å²) in [5.41, 5.74) is 0.535. The maximum Gasteiger partial charge on any atom is 0.236 e. The van der Waals surface area contributed by atoms with Crippen LogP contribution < -0.4 is 5.32 Å². The van der Waals surface area contributed by atoms with Crippen LogP contribution in [0.15, 0.2) is 18.2 Å². The molecule has 0 heterocycles. The third-order valence-corrected chi connectivity index (χ3v) is 2.68. The first kappa shape index (κ1) is 15.5. The number of carbonyl (C=O) groups is 1. The molecule has 0 aromatic heterocycles. The molecule has 1 aromatic rings. The fourth-order valence-corrected chi connectivity index (χ4v) is 1.54. The first-order valence-electron chi connectivity index (χ1n) is 5.83. The normalized spacial score (nSPS) is 12.3. The van der Waals surface area contributed by atoms with Gasteiger partial charge in [0.15, 0.2) is 11.6 Å². The molecule has 1 atom stereocenters. The van der Waals surface area contributed by atoms with E-state index in [9.17, 15) is 13.6 Å². The van der Waals surface area contributed by atoms with Crippen molar-refractivity contribution in [3.05, 3.63) is 35.4 Å². The fraction of sp³-hybridized carbons (Fsp3) is 0.462. The molecule has 1 amide bonds. The van der Waals surface area contributed by atoms with Crippen LogP contribution in [0, 0.1) is 11.6 Å². The predicted octanol–water partition coefficient (Wildman–Crippen LogP) is 1.33. The van der Waals surface area contributed by atoms with Gasteiger partial charge in [-0.2, -0.15) is 0 Å². The summed E-state index contributed by atoms with van der Waals surface area (Å²) in [5, 5.41) is 2.96. The van der Waals surface area contributed by atoms with Crippen LogP contribution in [0.4, 0.5) is 8.78 Å². The number of hydrogen-bond donors (Lipinski definition) is 1. The molecule has 0 aliphatic heterocycles. The molecule has 19 heavy (non-hydrogen) atoms. The van der Waals surface area contributed by atoms with Gasteiger partial charge in [-0.3, -0.25) is 10.1 Å². The Balaban J connectivity index is 2.76. The van der Waals surface area contributed by atoms with E-state index in [4.69, 9.17) is 4.74 Å². The van der Waals surface area contributed by atoms with E-state index < -0.39 is 11.6 Å². The topological polar surface area (TPSA) is 41.6 Å². The van der Waals surface area contributed by atoms with E-state index in [-0.39, 0.29) is 25.1 Å². The monoisotopic (exact) mass is 272 g/mol. The van der Waals surface area contributed by atoms with Crippen molar-refractivity contribution in [2.75, 3.05) is 34.4 Å². The zero-order valence-electron chi connectivity index (χ0n) is 11.2. The third kappa shape index (κ3) is 4.57. The number of ether oxygens (including phenoxy) is 1. The minimum Gasteiger partial charge on any atom is -0.383 e. The van der Waals surface area contributed by atoms with E-state index >= 15 is 0 Å². The van der Waals surface area contributed by atoms with Crippen LogP contribution in [0.1, 0.15) is 11.6 Å². The summed E-state index contributed by atoms with van der Waals surface area (Å²) in [5.74, 6) is -1.92. The van der Waals surface area contributed by atoms with E-state index in [1.165, 1.54) is 18.1 Å². The molecule has 106 valence electrons. The molecule has 0 bridgehead atoms. The number of nitrogens with one attached hydrogen (secondary N) is 1. The summed E-state index contributed by atoms with van der Waals surface area (Å²) in [7, 11) is 4.79. The molecular weight excluding hydrogens is 254 g/mol. The number of carbonyl (C=O) groups excluding carboxylic acids is 1. The lowest BCUT2D eigenvalue weighted by Crippen LogP contribution is -2.36. The Kier molecular flexibility index (Phi) is 5.85. The predicted molar refractivity (Wildman–Crippen MR) is 67.7 cm³/mol. The standard InChI is InChI=1S/C13H18F2N2O2/c1-17(2)13(18)7-16-12(8-19-3)9-4-5-10(14)11(15)6-9/h4-6,12,16H,7-8H2,1-3H3. The molecule has 0 saturated heterocycles. The third-order valence-electron chi connectivity index (χ3n) is 2.68. The molecule has 0 spiro atoms. The number of benzene rings is 1. The summed E-state index contributed by atoms with van der Waals surface area (Å²) < 4.78 is 31.1. The first-order chi connectivity index (χ1) is 8.95. The Labute approximate surface area is 111 Å². The maximum absolute atomic E-state index is 13.2. The highest BCUT2D eigenvalue weighted by molar-refractivity contribution is 5.77. The van der Waals surface area contributed by atoms with Crippen molar-refractivity contribution in [1.82, 2.24) is 10.2 Å². The maximum atomic E-state index is 13.2. The summed E-state index contributed by atoms with van der Waals surface area (Å²) in [4.78, 5) is 12.9. The average molecular weight is 272 g/mol. The lowest BCUT2D eigenvalue weighted by atomic mass is 10.1. The van der Waals surface area contributed by atoms with Gasteiger partial charge in [-0.1, -0.05) is 6.07 Å². The Morgan fingerprint density at radius 3 is 2.58 bits per heavy atom. The molecule has 1 rings (SSSR count). The fourth-order valence-electron chi connectivity index (χ4n) is 1.54. The molecule has 0 radical (unpaired) electrons. The van der Waals surface area contributed by atoms with Crippen LogP contribution in [0.3, 0.4) is 0 Å². The van der Waals surface area contributed by atoms with Gasteiger partial charge in [-0.15, -0.1) is 0 Å². The van der Waals surface area contributed by atoms with Crippen LogP contribution in [-0.4, -0.2) is 45.2 Å². The number of amides is 1. The van der Waals surface area contributed by atoms with E-state index in [1.54, 1.807) is 14.1 Å². The number of halogens is 2. The molecule has 0 fully saturated rings. The number of rotatable bonds is 6. The Morgan fingerprint density at radius 2 is 2.05 bits per heavy atom. The van der Waals surface area contributed by atoms with Crippen LogP contribution in [-0.2, 0) is 9.53 Å². The van der Waals surface area contributed by atoms with E-state index in [1.807, 2.05) is 0 Å². The van der Waals surface area contributed by atoms with Crippen molar-refractivity contribution in [3.63, 3.8) is 0 Å². The molecular formula is C13H18F2N2O2. The molecule has 1 N–H and O–H groups in total. The summed E-state index contributed by atoms with van der Waals surface area (Å²) >= 11 is 0. The summed E-state index contributed by atoms with van der Waals surface area (Å²) in [6.45, 7) is 0.353. The van der Waals surface area contributed by atoms with Gasteiger partial charge in [-0.05, 0) is 17.7 Å². The Morgan fingerprint density at radius 1 is 1.37 bits per heavy atom. The number of hydrogen-bond acceptors (Lipinski definition) is 3. The number of nitrogens with zero attached hydrogens (tertiary/aromatic N) is 1. The van der Waals surface area contributed by atoms with Crippen molar-refractivity contribution in [3.8, 4) is 0 Å². The summed E-state index contributed by atoms with van der Waals surface area (Å²) in [6.07, 6.45) is 0. The average Bonchev–Trinajstić information content (AvgIpc) is 2.37. The van der Waals surface area contributed by atoms with Gasteiger partial charge in [-0.25, -0.2) is 8.78 Å². The van der Waals surface area contributed by atoms with Crippen molar-refractivity contribution >= 4 is 5.91 Å². The van der Waals surface area contributed by atoms with E-state index in [0.29, 0.717) is 5.56 Å². The second-order valence-electron chi connectivity index (χ2n) is 4.35. The lowest BCUT2D eigenvalue weighted by Gasteiger charge is -2.19. The van der Waals surface area contributed by atoms with Gasteiger partial charge in [0.25, 0.3) is 0 Å². The largest absolute Gasteiger partial charge is 0.383 e. The van der Waals surface area contributed by atoms with Gasteiger partial charge >= 0.3 is 0 Å². The highest BCUT2D eigenvalue weighted by Gasteiger charge is 2.15. The smallest absolute Gasteiger partial charge is 0.236 e. The van der Waals surface area contributed by atoms with Gasteiger partial charge in [0.1, 0.15) is 0 Å². The summed E-state index contributed by atoms with van der Waals surface area (Å²) in [6, 6.07) is 3.26. The van der Waals surface area contributed by atoms with E-state index in [0.717, 1.165) is 12.1 Å². The minimum absolute atomic E-state index is 0.0972. The zero-order chi connectivity index (χ0) is 14.4. The molecule has 0 aliphatic rings. The van der Waals surface area contributed by atoms with Crippen LogP contribution >= 0.6 is 0 Å². The van der Waals surface area contributed by atoms with Gasteiger partial charge < -0.3 is 9.64 Å². The SMILES string of the molecule is COCC(NCC(=O)N(C)C)c1ccc(F)c(F)c1. The van der Waals surface area contributed by atoms with E-state index in [2.05, 4.69) is 5.32 Å². The Bertz CT molecular complexity index is 439. The van der Waals surface area contributed by atoms with Gasteiger partial charge in [0.2, 0.25) is 5.91 Å². The van der Waals surface area contributed by atoms with Crippen LogP contribution in [0.25, 0.3) is 0 Å². The second kappa shape index (κ2) is 7.16.